The van der Waals surface area contributed by atoms with Gasteiger partial charge in [-0.15, -0.1) is 6.42 Å². The molecule has 0 unspecified atom stereocenters. The van der Waals surface area contributed by atoms with Crippen molar-refractivity contribution in [2.45, 2.75) is 11.4 Å². The predicted octanol–water partition coefficient (Wildman–Crippen LogP) is 1.23. The van der Waals surface area contributed by atoms with Crippen LogP contribution < -0.4 is 9.94 Å². The molecular formula is C15H10N4O6S2. The molecule has 0 aliphatic rings. The van der Waals surface area contributed by atoms with Crippen molar-refractivity contribution in [3.05, 3.63) is 51.0 Å². The number of furan rings is 1. The van der Waals surface area contributed by atoms with Gasteiger partial charge in [0.25, 0.3) is 0 Å². The first-order valence-corrected chi connectivity index (χ1v) is 9.50. The number of sulfonamides is 1. The molecule has 0 bridgehead atoms. The highest BCUT2D eigenvalue weighted by atomic mass is 32.2. The van der Waals surface area contributed by atoms with Crippen LogP contribution >= 0.6 is 11.3 Å². The lowest BCUT2D eigenvalue weighted by Crippen LogP contribution is -2.16. The van der Waals surface area contributed by atoms with Crippen molar-refractivity contribution in [1.29, 1.82) is 0 Å². The Labute approximate surface area is 155 Å². The lowest BCUT2D eigenvalue weighted by molar-refractivity contribution is -0.402. The van der Waals surface area contributed by atoms with Crippen molar-refractivity contribution in [3.8, 4) is 12.3 Å². The van der Waals surface area contributed by atoms with Gasteiger partial charge in [-0.25, -0.2) is 13.6 Å². The number of amides is 1. The van der Waals surface area contributed by atoms with Crippen LogP contribution in [-0.2, 0) is 16.6 Å². The summed E-state index contributed by atoms with van der Waals surface area (Å²) in [7, 11) is -3.90. The number of rotatable bonds is 4. The van der Waals surface area contributed by atoms with Crippen LogP contribution in [0, 0.1) is 22.5 Å². The zero-order chi connectivity index (χ0) is 19.8. The van der Waals surface area contributed by atoms with E-state index in [1.165, 1.54) is 22.8 Å². The molecule has 0 saturated heterocycles. The summed E-state index contributed by atoms with van der Waals surface area (Å²) in [5.41, 5.74) is 0.558. The average molecular weight is 406 g/mol. The molecule has 3 rings (SSSR count). The number of aromatic nitrogens is 1. The number of carbonyl (C=O) groups excluding carboxylic acids is 1. The molecule has 0 fully saturated rings. The number of nitrogens with zero attached hydrogens (tertiary/aromatic N) is 3. The largest absolute Gasteiger partial charge is 0.433 e. The number of nitrogens with two attached hydrogens (primary N) is 1. The Balaban J connectivity index is 2.15. The highest BCUT2D eigenvalue weighted by Crippen LogP contribution is 2.22. The van der Waals surface area contributed by atoms with Gasteiger partial charge in [0.2, 0.25) is 15.8 Å². The van der Waals surface area contributed by atoms with Crippen molar-refractivity contribution in [2.24, 2.45) is 10.1 Å². The van der Waals surface area contributed by atoms with E-state index in [1.807, 2.05) is 0 Å². The second-order valence-electron chi connectivity index (χ2n) is 5.16. The molecule has 10 nitrogen and oxygen atoms in total. The lowest BCUT2D eigenvalue weighted by Gasteiger charge is -2.01. The molecule has 0 aliphatic heterocycles. The topological polar surface area (TPSA) is 151 Å². The molecule has 0 atom stereocenters. The summed E-state index contributed by atoms with van der Waals surface area (Å²) in [6, 6.07) is 6.36. The molecule has 3 aromatic rings. The van der Waals surface area contributed by atoms with Crippen LogP contribution in [0.25, 0.3) is 10.2 Å². The molecule has 1 amide bonds. The minimum absolute atomic E-state index is 0.0686. The maximum absolute atomic E-state index is 12.3. The Kier molecular flexibility index (Phi) is 4.66. The molecule has 1 aromatic carbocycles. The summed E-state index contributed by atoms with van der Waals surface area (Å²) in [5, 5.41) is 15.8. The van der Waals surface area contributed by atoms with Crippen molar-refractivity contribution in [2.75, 3.05) is 0 Å². The maximum Gasteiger partial charge on any atom is 0.433 e. The third kappa shape index (κ3) is 3.65. The number of carbonyl (C=O) groups is 1. The molecule has 138 valence electrons. The highest BCUT2D eigenvalue weighted by molar-refractivity contribution is 7.89. The summed E-state index contributed by atoms with van der Waals surface area (Å²) in [4.78, 5) is 26.1. The Morgan fingerprint density at radius 3 is 2.74 bits per heavy atom. The minimum atomic E-state index is -3.90. The fourth-order valence-corrected chi connectivity index (χ4v) is 3.92. The van der Waals surface area contributed by atoms with Gasteiger partial charge in [0.15, 0.2) is 4.80 Å². The number of fused-ring (bicyclic) bond motifs is 1. The van der Waals surface area contributed by atoms with Crippen LogP contribution in [0.4, 0.5) is 5.88 Å². The smallest absolute Gasteiger partial charge is 0.395 e. The third-order valence-corrected chi connectivity index (χ3v) is 5.36. The van der Waals surface area contributed by atoms with Crippen LogP contribution in [0.1, 0.15) is 10.6 Å². The first-order valence-electron chi connectivity index (χ1n) is 7.13. The van der Waals surface area contributed by atoms with E-state index in [1.54, 1.807) is 0 Å². The van der Waals surface area contributed by atoms with Crippen LogP contribution in [-0.4, -0.2) is 23.8 Å². The first kappa shape index (κ1) is 18.5. The Morgan fingerprint density at radius 2 is 2.15 bits per heavy atom. The van der Waals surface area contributed by atoms with Gasteiger partial charge < -0.3 is 8.98 Å². The fraction of sp³-hybridized carbons (Fsp3) is 0.0667. The number of primary sulfonamides is 1. The average Bonchev–Trinajstić information content (AvgIpc) is 3.20. The van der Waals surface area contributed by atoms with Gasteiger partial charge in [-0.2, -0.15) is 4.99 Å². The molecule has 12 heteroatoms. The molecule has 2 N–H and O–H groups in total. The second-order valence-corrected chi connectivity index (χ2v) is 7.73. The molecule has 0 aliphatic carbocycles. The molecule has 0 radical (unpaired) electrons. The van der Waals surface area contributed by atoms with E-state index in [0.29, 0.717) is 10.2 Å². The summed E-state index contributed by atoms with van der Waals surface area (Å²) >= 11 is 1.01. The van der Waals surface area contributed by atoms with E-state index in [-0.39, 0.29) is 22.0 Å². The number of hydrogen-bond acceptors (Lipinski definition) is 7. The van der Waals surface area contributed by atoms with Gasteiger partial charge in [0.1, 0.15) is 4.92 Å². The zero-order valence-corrected chi connectivity index (χ0v) is 15.0. The van der Waals surface area contributed by atoms with E-state index in [9.17, 15) is 23.3 Å². The highest BCUT2D eigenvalue weighted by Gasteiger charge is 2.18. The van der Waals surface area contributed by atoms with Crippen LogP contribution in [0.3, 0.4) is 0 Å². The quantitative estimate of drug-likeness (QED) is 0.391. The van der Waals surface area contributed by atoms with Crippen molar-refractivity contribution in [1.82, 2.24) is 4.57 Å². The van der Waals surface area contributed by atoms with Crippen molar-refractivity contribution < 1.29 is 22.6 Å². The SMILES string of the molecule is C#CCn1c(=NC(=O)c2ccc([N+](=O)[O-])o2)sc2cc(S(N)(=O)=O)ccc21. The Hall–Kier alpha value is -3.27. The molecule has 0 saturated carbocycles. The van der Waals surface area contributed by atoms with Crippen LogP contribution in [0.2, 0.25) is 0 Å². The third-order valence-electron chi connectivity index (χ3n) is 3.41. The van der Waals surface area contributed by atoms with E-state index in [0.717, 1.165) is 23.5 Å². The number of terminal acetylenes is 1. The standard InChI is InChI=1S/C15H10N4O6S2/c1-2-7-18-10-4-3-9(27(16,23)24)8-12(10)26-15(18)17-14(20)11-5-6-13(25-11)19(21)22/h1,3-6,8H,7H2,(H2,16,23,24). The second kappa shape index (κ2) is 6.80. The molecule has 2 aromatic heterocycles. The number of thiazole rings is 1. The van der Waals surface area contributed by atoms with Gasteiger partial charge in [-0.05, 0) is 24.3 Å². The van der Waals surface area contributed by atoms with Gasteiger partial charge in [-0.1, -0.05) is 17.3 Å². The maximum atomic E-state index is 12.3. The normalized spacial score (nSPS) is 12.2. The summed E-state index contributed by atoms with van der Waals surface area (Å²) in [5.74, 6) is 0.689. The lowest BCUT2D eigenvalue weighted by atomic mass is 10.3. The summed E-state index contributed by atoms with van der Waals surface area (Å²) in [6.07, 6.45) is 5.36. The van der Waals surface area contributed by atoms with E-state index >= 15 is 0 Å². The molecule has 27 heavy (non-hydrogen) atoms. The fourth-order valence-electron chi connectivity index (χ4n) is 2.24. The Morgan fingerprint density at radius 1 is 1.41 bits per heavy atom. The summed E-state index contributed by atoms with van der Waals surface area (Å²) in [6.45, 7) is 0.0686. The van der Waals surface area contributed by atoms with Gasteiger partial charge in [0, 0.05) is 0 Å². The molecule has 2 heterocycles. The molecule has 0 spiro atoms. The minimum Gasteiger partial charge on any atom is -0.395 e. The van der Waals surface area contributed by atoms with Crippen molar-refractivity contribution >= 4 is 43.4 Å². The number of benzene rings is 1. The van der Waals surface area contributed by atoms with Crippen molar-refractivity contribution in [3.63, 3.8) is 0 Å². The monoisotopic (exact) mass is 406 g/mol. The van der Waals surface area contributed by atoms with Gasteiger partial charge in [0.05, 0.1) is 27.7 Å². The predicted molar refractivity (Wildman–Crippen MR) is 95.3 cm³/mol. The van der Waals surface area contributed by atoms with Crippen LogP contribution in [0.15, 0.2) is 44.6 Å². The van der Waals surface area contributed by atoms with E-state index in [2.05, 4.69) is 10.9 Å². The number of nitro groups is 1. The number of hydrogen-bond donors (Lipinski definition) is 1. The molecular weight excluding hydrogens is 396 g/mol. The summed E-state index contributed by atoms with van der Waals surface area (Å²) < 4.78 is 29.9. The first-order chi connectivity index (χ1) is 12.7. The van der Waals surface area contributed by atoms with Crippen LogP contribution in [0.5, 0.6) is 0 Å². The van der Waals surface area contributed by atoms with E-state index < -0.39 is 26.7 Å². The Bertz CT molecular complexity index is 1290. The van der Waals surface area contributed by atoms with Gasteiger partial charge in [-0.3, -0.25) is 14.9 Å². The van der Waals surface area contributed by atoms with Gasteiger partial charge >= 0.3 is 11.8 Å². The zero-order valence-electron chi connectivity index (χ0n) is 13.4. The van der Waals surface area contributed by atoms with E-state index in [4.69, 9.17) is 16.0 Å².